The van der Waals surface area contributed by atoms with E-state index in [1.165, 1.54) is 7.11 Å². The molecule has 0 saturated heterocycles. The maximum absolute atomic E-state index is 12.9. The summed E-state index contributed by atoms with van der Waals surface area (Å²) in [5.41, 5.74) is 1.58. The van der Waals surface area contributed by atoms with Crippen molar-refractivity contribution in [2.75, 3.05) is 7.11 Å². The number of carbonyl (C=O) groups is 1. The van der Waals surface area contributed by atoms with E-state index < -0.39 is 6.89 Å². The van der Waals surface area contributed by atoms with Gasteiger partial charge in [0, 0.05) is 12.4 Å². The van der Waals surface area contributed by atoms with Crippen molar-refractivity contribution in [2.45, 2.75) is 6.42 Å². The van der Waals surface area contributed by atoms with Gasteiger partial charge in [-0.15, -0.1) is 15.0 Å². The van der Waals surface area contributed by atoms with Crippen LogP contribution in [0, 0.1) is 0 Å². The fourth-order valence-electron chi connectivity index (χ4n) is 4.40. The van der Waals surface area contributed by atoms with Crippen LogP contribution in [0.25, 0.3) is 11.4 Å². The topological polar surface area (TPSA) is 69.9 Å². The smallest absolute Gasteiger partial charge is 0.311 e. The minimum Gasteiger partial charge on any atom is -0.469 e. The number of hydrogen-bond acceptors (Lipinski definition) is 5. The number of esters is 1. The molecule has 0 aliphatic heterocycles. The Bertz CT molecular complexity index is 1400. The molecule has 0 N–H and O–H groups in total. The molecule has 178 valence electrons. The molecule has 0 radical (unpaired) electrons. The second-order valence-corrected chi connectivity index (χ2v) is 11.5. The SMILES string of the molecule is COC(=O)CC(n1nnc(-c2ccccc2)n1)=P(c1ccccc1)(c1ccccc1)c1ccccc1. The van der Waals surface area contributed by atoms with Gasteiger partial charge in [-0.3, -0.25) is 4.79 Å². The minimum atomic E-state index is -2.62. The van der Waals surface area contributed by atoms with Crippen LogP contribution in [-0.4, -0.2) is 38.7 Å². The summed E-state index contributed by atoms with van der Waals surface area (Å²) < 4.78 is 5.17. The highest BCUT2D eigenvalue weighted by molar-refractivity contribution is 7.95. The summed E-state index contributed by atoms with van der Waals surface area (Å²) >= 11 is 0. The van der Waals surface area contributed by atoms with E-state index >= 15 is 0 Å². The summed E-state index contributed by atoms with van der Waals surface area (Å²) in [6.07, 6.45) is 0.00749. The Hall–Kier alpha value is -4.28. The van der Waals surface area contributed by atoms with Crippen molar-refractivity contribution in [3.63, 3.8) is 0 Å². The van der Waals surface area contributed by atoms with Crippen LogP contribution in [0.15, 0.2) is 121 Å². The van der Waals surface area contributed by atoms with Crippen LogP contribution < -0.4 is 15.9 Å². The van der Waals surface area contributed by atoms with Gasteiger partial charge in [-0.1, -0.05) is 121 Å². The molecule has 7 heteroatoms. The molecular formula is C29H25N4O2P. The zero-order valence-electron chi connectivity index (χ0n) is 19.8. The first-order valence-corrected chi connectivity index (χ1v) is 13.4. The van der Waals surface area contributed by atoms with Crippen molar-refractivity contribution in [3.05, 3.63) is 121 Å². The molecule has 0 amide bonds. The van der Waals surface area contributed by atoms with E-state index in [1.807, 2.05) is 84.9 Å². The molecule has 6 nitrogen and oxygen atoms in total. The zero-order valence-corrected chi connectivity index (χ0v) is 20.7. The van der Waals surface area contributed by atoms with Crippen molar-refractivity contribution in [1.29, 1.82) is 0 Å². The Labute approximate surface area is 210 Å². The number of hydrogen-bond donors (Lipinski definition) is 0. The van der Waals surface area contributed by atoms with Gasteiger partial charge in [-0.2, -0.15) is 0 Å². The lowest BCUT2D eigenvalue weighted by atomic mass is 10.2. The fraction of sp³-hybridized carbons (Fsp3) is 0.0690. The summed E-state index contributed by atoms with van der Waals surface area (Å²) in [4.78, 5) is 14.4. The standard InChI is InChI=1S/C29H25N4O2P/c1-35-28(34)22-27(33-31-29(30-32-33)23-14-6-2-7-15-23)36(24-16-8-3-9-17-24,25-18-10-4-11-19-25)26-20-12-5-13-21-26/h2-21H,22H2,1H3. The van der Waals surface area contributed by atoms with Crippen molar-refractivity contribution >= 4 is 34.2 Å². The normalized spacial score (nSPS) is 11.1. The Balaban J connectivity index is 1.93. The molecule has 1 aromatic heterocycles. The predicted octanol–water partition coefficient (Wildman–Crippen LogP) is 3.88. The van der Waals surface area contributed by atoms with Crippen molar-refractivity contribution in [1.82, 2.24) is 20.2 Å². The predicted molar refractivity (Wildman–Crippen MR) is 145 cm³/mol. The summed E-state index contributed by atoms with van der Waals surface area (Å²) in [5.74, 6) is 0.126. The third kappa shape index (κ3) is 4.39. The van der Waals surface area contributed by atoms with Crippen molar-refractivity contribution in [2.24, 2.45) is 0 Å². The summed E-state index contributed by atoms with van der Waals surface area (Å²) in [6.45, 7) is -2.62. The first-order chi connectivity index (χ1) is 17.7. The van der Waals surface area contributed by atoms with Gasteiger partial charge < -0.3 is 4.74 Å². The van der Waals surface area contributed by atoms with Crippen LogP contribution in [0.4, 0.5) is 0 Å². The number of methoxy groups -OCH3 is 1. The first kappa shape index (κ1) is 23.5. The van der Waals surface area contributed by atoms with Gasteiger partial charge >= 0.3 is 5.97 Å². The lowest BCUT2D eigenvalue weighted by molar-refractivity contribution is -0.139. The summed E-state index contributed by atoms with van der Waals surface area (Å²) in [5, 5.41) is 16.9. The van der Waals surface area contributed by atoms with Crippen LogP contribution in [0.5, 0.6) is 0 Å². The number of carbonyl (C=O) groups excluding carboxylic acids is 1. The lowest BCUT2D eigenvalue weighted by Gasteiger charge is -2.31. The van der Waals surface area contributed by atoms with Gasteiger partial charge in [0.1, 0.15) is 0 Å². The van der Waals surface area contributed by atoms with Crippen LogP contribution in [0.3, 0.4) is 0 Å². The largest absolute Gasteiger partial charge is 0.469 e. The number of benzene rings is 4. The van der Waals surface area contributed by atoms with E-state index in [0.29, 0.717) is 5.82 Å². The Morgan fingerprint density at radius 1 is 0.722 bits per heavy atom. The molecule has 0 atom stereocenters. The molecule has 5 rings (SSSR count). The molecule has 36 heavy (non-hydrogen) atoms. The van der Waals surface area contributed by atoms with Gasteiger partial charge in [0.25, 0.3) is 0 Å². The van der Waals surface area contributed by atoms with Crippen molar-refractivity contribution < 1.29 is 9.53 Å². The van der Waals surface area contributed by atoms with Crippen molar-refractivity contribution in [3.8, 4) is 11.4 Å². The molecule has 0 unspecified atom stereocenters. The van der Waals surface area contributed by atoms with Crippen LogP contribution in [0.2, 0.25) is 0 Å². The lowest BCUT2D eigenvalue weighted by Crippen LogP contribution is -2.35. The van der Waals surface area contributed by atoms with E-state index in [9.17, 15) is 4.79 Å². The molecular weight excluding hydrogens is 467 g/mol. The number of aromatic nitrogens is 4. The molecule has 5 aromatic rings. The van der Waals surface area contributed by atoms with E-state index in [2.05, 4.69) is 46.7 Å². The number of tetrazole rings is 1. The van der Waals surface area contributed by atoms with Gasteiger partial charge in [0.2, 0.25) is 5.82 Å². The number of ether oxygens (including phenoxy) is 1. The highest BCUT2D eigenvalue weighted by atomic mass is 31.2. The second kappa shape index (κ2) is 10.5. The quantitative estimate of drug-likeness (QED) is 0.255. The van der Waals surface area contributed by atoms with Crippen LogP contribution in [-0.2, 0) is 9.53 Å². The third-order valence-electron chi connectivity index (χ3n) is 6.02. The fourth-order valence-corrected chi connectivity index (χ4v) is 8.77. The van der Waals surface area contributed by atoms with Gasteiger partial charge in [0.15, 0.2) is 0 Å². The number of rotatable bonds is 7. The molecule has 0 fully saturated rings. The van der Waals surface area contributed by atoms with E-state index in [-0.39, 0.29) is 12.4 Å². The maximum atomic E-state index is 12.9. The highest BCUT2D eigenvalue weighted by Crippen LogP contribution is 2.47. The van der Waals surface area contributed by atoms with Gasteiger partial charge in [-0.25, -0.2) is 0 Å². The average molecular weight is 493 g/mol. The van der Waals surface area contributed by atoms with E-state index in [1.54, 1.807) is 4.80 Å². The van der Waals surface area contributed by atoms with E-state index in [0.717, 1.165) is 26.9 Å². The molecule has 0 spiro atoms. The van der Waals surface area contributed by atoms with E-state index in [4.69, 9.17) is 9.84 Å². The van der Waals surface area contributed by atoms with Gasteiger partial charge in [0.05, 0.1) is 18.9 Å². The Morgan fingerprint density at radius 3 is 1.61 bits per heavy atom. The number of nitrogens with zero attached hydrogens (tertiary/aromatic N) is 4. The van der Waals surface area contributed by atoms with Crippen LogP contribution in [0.1, 0.15) is 6.42 Å². The highest BCUT2D eigenvalue weighted by Gasteiger charge is 2.33. The molecule has 0 bridgehead atoms. The Kier molecular flexibility index (Phi) is 6.87. The average Bonchev–Trinajstić information content (AvgIpc) is 3.45. The summed E-state index contributed by atoms with van der Waals surface area (Å²) in [7, 11) is 1.40. The minimum absolute atomic E-state index is 0.00749. The van der Waals surface area contributed by atoms with Gasteiger partial charge in [-0.05, 0) is 21.1 Å². The molecule has 0 aliphatic rings. The molecule has 1 heterocycles. The zero-order chi connectivity index (χ0) is 24.8. The maximum Gasteiger partial charge on any atom is 0.311 e. The second-order valence-electron chi connectivity index (χ2n) is 8.12. The summed E-state index contributed by atoms with van der Waals surface area (Å²) in [6, 6.07) is 40.5. The first-order valence-electron chi connectivity index (χ1n) is 11.6. The monoisotopic (exact) mass is 492 g/mol. The third-order valence-corrected chi connectivity index (χ3v) is 10.4. The van der Waals surface area contributed by atoms with Crippen LogP contribution >= 0.6 is 6.89 Å². The molecule has 4 aromatic carbocycles. The Morgan fingerprint density at radius 2 is 1.17 bits per heavy atom. The molecule has 0 saturated carbocycles. The molecule has 0 aliphatic carbocycles.